The fraction of sp³-hybridized carbons (Fsp3) is 0.462. The molecule has 0 bridgehead atoms. The summed E-state index contributed by atoms with van der Waals surface area (Å²) in [6.07, 6.45) is 2.50. The summed E-state index contributed by atoms with van der Waals surface area (Å²) in [7, 11) is 1.66. The molecule has 1 aromatic carbocycles. The van der Waals surface area contributed by atoms with Crippen molar-refractivity contribution in [3.63, 3.8) is 0 Å². The Hall–Kier alpha value is -1.60. The molecule has 1 aromatic rings. The number of rotatable bonds is 4. The second-order valence-electron chi connectivity index (χ2n) is 4.14. The summed E-state index contributed by atoms with van der Waals surface area (Å²) in [6.45, 7) is 5.84. The molecular formula is C13H17NO2. The van der Waals surface area contributed by atoms with Crippen LogP contribution in [0.15, 0.2) is 23.2 Å². The maximum atomic E-state index is 10.4. The molecule has 0 saturated heterocycles. The third kappa shape index (κ3) is 2.50. The van der Waals surface area contributed by atoms with E-state index in [0.717, 1.165) is 23.3 Å². The summed E-state index contributed by atoms with van der Waals surface area (Å²) in [5.74, 6) is 0.872. The van der Waals surface area contributed by atoms with E-state index in [2.05, 4.69) is 11.9 Å². The number of aryl methyl sites for hydroxylation is 1. The van der Waals surface area contributed by atoms with E-state index in [0.29, 0.717) is 0 Å². The lowest BCUT2D eigenvalue weighted by atomic mass is 9.93. The molecule has 0 unspecified atom stereocenters. The zero-order valence-corrected chi connectivity index (χ0v) is 10.2. The molecule has 0 aliphatic heterocycles. The lowest BCUT2D eigenvalue weighted by Crippen LogP contribution is -2.13. The van der Waals surface area contributed by atoms with Gasteiger partial charge < -0.3 is 4.74 Å². The van der Waals surface area contributed by atoms with E-state index in [1.165, 1.54) is 0 Å². The average Bonchev–Trinajstić information content (AvgIpc) is 2.28. The second kappa shape index (κ2) is 4.95. The van der Waals surface area contributed by atoms with Gasteiger partial charge in [-0.1, -0.05) is 13.0 Å². The molecule has 0 fully saturated rings. The number of isocyanates is 1. The standard InChI is InChI=1S/C13H17NO2/c1-5-10-8-11(6-7-12(10)16-4)13(2,3)14-9-15/h6-8H,5H2,1-4H3. The first-order valence-corrected chi connectivity index (χ1v) is 5.31. The number of hydrogen-bond donors (Lipinski definition) is 0. The number of nitrogens with zero attached hydrogens (tertiary/aromatic N) is 1. The van der Waals surface area contributed by atoms with Gasteiger partial charge in [0.25, 0.3) is 0 Å². The van der Waals surface area contributed by atoms with Crippen LogP contribution in [0, 0.1) is 0 Å². The van der Waals surface area contributed by atoms with Crippen LogP contribution in [0.4, 0.5) is 0 Å². The normalized spacial score (nSPS) is 10.8. The van der Waals surface area contributed by atoms with Gasteiger partial charge in [0.15, 0.2) is 0 Å². The van der Waals surface area contributed by atoms with Crippen LogP contribution in [0.3, 0.4) is 0 Å². The fourth-order valence-electron chi connectivity index (χ4n) is 1.61. The van der Waals surface area contributed by atoms with E-state index >= 15 is 0 Å². The van der Waals surface area contributed by atoms with E-state index in [1.807, 2.05) is 32.0 Å². The Bertz CT molecular complexity index is 418. The van der Waals surface area contributed by atoms with Gasteiger partial charge in [0, 0.05) is 0 Å². The maximum absolute atomic E-state index is 10.4. The summed E-state index contributed by atoms with van der Waals surface area (Å²) >= 11 is 0. The Balaban J connectivity index is 3.22. The summed E-state index contributed by atoms with van der Waals surface area (Å²) in [5.41, 5.74) is 1.58. The average molecular weight is 219 g/mol. The second-order valence-corrected chi connectivity index (χ2v) is 4.14. The van der Waals surface area contributed by atoms with Crippen LogP contribution in [0.1, 0.15) is 31.9 Å². The van der Waals surface area contributed by atoms with Crippen molar-refractivity contribution in [1.82, 2.24) is 0 Å². The van der Waals surface area contributed by atoms with Gasteiger partial charge in [-0.3, -0.25) is 0 Å². The zero-order valence-electron chi connectivity index (χ0n) is 10.2. The molecule has 0 aliphatic rings. The van der Waals surface area contributed by atoms with Crippen LogP contribution in [0.2, 0.25) is 0 Å². The van der Waals surface area contributed by atoms with E-state index in [-0.39, 0.29) is 0 Å². The molecule has 16 heavy (non-hydrogen) atoms. The first-order valence-electron chi connectivity index (χ1n) is 5.31. The fourth-order valence-corrected chi connectivity index (χ4v) is 1.61. The molecule has 0 heterocycles. The molecule has 0 radical (unpaired) electrons. The van der Waals surface area contributed by atoms with Crippen LogP contribution in [-0.2, 0) is 16.8 Å². The van der Waals surface area contributed by atoms with Crippen molar-refractivity contribution in [2.45, 2.75) is 32.7 Å². The van der Waals surface area contributed by atoms with Gasteiger partial charge in [0.1, 0.15) is 5.75 Å². The van der Waals surface area contributed by atoms with Crippen molar-refractivity contribution < 1.29 is 9.53 Å². The lowest BCUT2D eigenvalue weighted by molar-refractivity contribution is 0.409. The van der Waals surface area contributed by atoms with Crippen molar-refractivity contribution in [3.05, 3.63) is 29.3 Å². The Morgan fingerprint density at radius 1 is 1.44 bits per heavy atom. The molecule has 0 aliphatic carbocycles. The van der Waals surface area contributed by atoms with Gasteiger partial charge in [0.05, 0.1) is 12.6 Å². The molecule has 0 spiro atoms. The van der Waals surface area contributed by atoms with Crippen molar-refractivity contribution in [1.29, 1.82) is 0 Å². The highest BCUT2D eigenvalue weighted by atomic mass is 16.5. The van der Waals surface area contributed by atoms with Crippen LogP contribution in [0.5, 0.6) is 5.75 Å². The highest BCUT2D eigenvalue weighted by Gasteiger charge is 2.20. The van der Waals surface area contributed by atoms with E-state index in [9.17, 15) is 4.79 Å². The first-order chi connectivity index (χ1) is 7.55. The van der Waals surface area contributed by atoms with Crippen LogP contribution in [0.25, 0.3) is 0 Å². The topological polar surface area (TPSA) is 38.7 Å². The van der Waals surface area contributed by atoms with Gasteiger partial charge in [-0.2, -0.15) is 4.99 Å². The van der Waals surface area contributed by atoms with E-state index < -0.39 is 5.54 Å². The Kier molecular flexibility index (Phi) is 3.86. The minimum atomic E-state index is -0.530. The smallest absolute Gasteiger partial charge is 0.235 e. The molecule has 1 rings (SSSR count). The van der Waals surface area contributed by atoms with Gasteiger partial charge >= 0.3 is 0 Å². The third-order valence-corrected chi connectivity index (χ3v) is 2.69. The summed E-state index contributed by atoms with van der Waals surface area (Å²) in [5, 5.41) is 0. The minimum absolute atomic E-state index is 0.530. The molecule has 0 N–H and O–H groups in total. The largest absolute Gasteiger partial charge is 0.496 e. The number of benzene rings is 1. The van der Waals surface area contributed by atoms with Crippen molar-refractivity contribution >= 4 is 6.08 Å². The molecule has 0 aromatic heterocycles. The Morgan fingerprint density at radius 2 is 2.12 bits per heavy atom. The Morgan fingerprint density at radius 3 is 2.62 bits per heavy atom. The highest BCUT2D eigenvalue weighted by Crippen LogP contribution is 2.29. The molecule has 3 heteroatoms. The van der Waals surface area contributed by atoms with Crippen molar-refractivity contribution in [3.8, 4) is 5.75 Å². The number of hydrogen-bond acceptors (Lipinski definition) is 3. The number of carbonyl (C=O) groups excluding carboxylic acids is 1. The molecule has 86 valence electrons. The van der Waals surface area contributed by atoms with Crippen LogP contribution < -0.4 is 4.74 Å². The highest BCUT2D eigenvalue weighted by molar-refractivity contribution is 5.42. The molecule has 0 saturated carbocycles. The number of aliphatic imine (C=N–C) groups is 1. The van der Waals surface area contributed by atoms with Gasteiger partial charge in [-0.25, -0.2) is 4.79 Å². The molecule has 0 amide bonds. The van der Waals surface area contributed by atoms with Gasteiger partial charge in [-0.05, 0) is 43.5 Å². The molecule has 3 nitrogen and oxygen atoms in total. The summed E-state index contributed by atoms with van der Waals surface area (Å²) in [6, 6.07) is 5.87. The summed E-state index contributed by atoms with van der Waals surface area (Å²) in [4.78, 5) is 14.2. The minimum Gasteiger partial charge on any atom is -0.496 e. The van der Waals surface area contributed by atoms with Crippen LogP contribution in [-0.4, -0.2) is 13.2 Å². The molecule has 0 atom stereocenters. The lowest BCUT2D eigenvalue weighted by Gasteiger charge is -2.19. The zero-order chi connectivity index (χ0) is 12.2. The monoisotopic (exact) mass is 219 g/mol. The van der Waals surface area contributed by atoms with Crippen LogP contribution >= 0.6 is 0 Å². The molecular weight excluding hydrogens is 202 g/mol. The number of ether oxygens (including phenoxy) is 1. The predicted molar refractivity (Wildman–Crippen MR) is 63.5 cm³/mol. The number of methoxy groups -OCH3 is 1. The van der Waals surface area contributed by atoms with Crippen molar-refractivity contribution in [2.24, 2.45) is 4.99 Å². The SMILES string of the molecule is CCc1cc(C(C)(C)N=C=O)ccc1OC. The predicted octanol–water partition coefficient (Wildman–Crippen LogP) is 2.83. The first kappa shape index (κ1) is 12.5. The van der Waals surface area contributed by atoms with E-state index in [1.54, 1.807) is 13.2 Å². The van der Waals surface area contributed by atoms with Crippen molar-refractivity contribution in [2.75, 3.05) is 7.11 Å². The van der Waals surface area contributed by atoms with E-state index in [4.69, 9.17) is 4.74 Å². The maximum Gasteiger partial charge on any atom is 0.235 e. The quantitative estimate of drug-likeness (QED) is 0.577. The summed E-state index contributed by atoms with van der Waals surface area (Å²) < 4.78 is 5.26. The van der Waals surface area contributed by atoms with Gasteiger partial charge in [-0.15, -0.1) is 0 Å². The third-order valence-electron chi connectivity index (χ3n) is 2.69. The van der Waals surface area contributed by atoms with Gasteiger partial charge in [0.2, 0.25) is 6.08 Å². The Labute approximate surface area is 96.2 Å².